The van der Waals surface area contributed by atoms with E-state index < -0.39 is 5.60 Å². The van der Waals surface area contributed by atoms with Crippen LogP contribution in [0.25, 0.3) is 0 Å². The Balaban J connectivity index is 2.14. The molecule has 0 spiro atoms. The Labute approximate surface area is 135 Å². The van der Waals surface area contributed by atoms with Crippen LogP contribution in [0.2, 0.25) is 0 Å². The predicted octanol–water partition coefficient (Wildman–Crippen LogP) is 4.40. The van der Waals surface area contributed by atoms with Gasteiger partial charge in [0.2, 0.25) is 0 Å². The van der Waals surface area contributed by atoms with Gasteiger partial charge in [0.15, 0.2) is 0 Å². The van der Waals surface area contributed by atoms with E-state index in [1.54, 1.807) is 0 Å². The lowest BCUT2D eigenvalue weighted by Crippen LogP contribution is -2.41. The molecule has 0 atom stereocenters. The summed E-state index contributed by atoms with van der Waals surface area (Å²) in [6.07, 6.45) is 9.68. The molecule has 0 bridgehead atoms. The van der Waals surface area contributed by atoms with Crippen LogP contribution in [-0.4, -0.2) is 42.9 Å². The fraction of sp³-hybridized carbons (Fsp3) is 0.833. The maximum absolute atomic E-state index is 12.0. The van der Waals surface area contributed by atoms with E-state index >= 15 is 0 Å². The second-order valence-electron chi connectivity index (χ2n) is 7.05. The fourth-order valence-electron chi connectivity index (χ4n) is 2.43. The SMILES string of the molecule is CCCCOC/C=C/CC1CCN(C(=O)OC(C)(C)C)CC1. The quantitative estimate of drug-likeness (QED) is 0.517. The van der Waals surface area contributed by atoms with Crippen LogP contribution in [0.4, 0.5) is 4.79 Å². The topological polar surface area (TPSA) is 38.8 Å². The highest BCUT2D eigenvalue weighted by Crippen LogP contribution is 2.22. The predicted molar refractivity (Wildman–Crippen MR) is 90.0 cm³/mol. The van der Waals surface area contributed by atoms with Crippen molar-refractivity contribution in [3.05, 3.63) is 12.2 Å². The first-order valence-corrected chi connectivity index (χ1v) is 8.63. The summed E-state index contributed by atoms with van der Waals surface area (Å²) in [5, 5.41) is 0. The molecular weight excluding hydrogens is 278 g/mol. The van der Waals surface area contributed by atoms with Crippen molar-refractivity contribution in [2.24, 2.45) is 5.92 Å². The van der Waals surface area contributed by atoms with E-state index in [1.807, 2.05) is 25.7 Å². The van der Waals surface area contributed by atoms with Gasteiger partial charge < -0.3 is 14.4 Å². The van der Waals surface area contributed by atoms with E-state index in [-0.39, 0.29) is 6.09 Å². The van der Waals surface area contributed by atoms with Crippen LogP contribution in [0.3, 0.4) is 0 Å². The molecule has 0 aromatic carbocycles. The third-order valence-electron chi connectivity index (χ3n) is 3.76. The van der Waals surface area contributed by atoms with Gasteiger partial charge in [-0.2, -0.15) is 0 Å². The monoisotopic (exact) mass is 311 g/mol. The molecule has 1 rings (SSSR count). The van der Waals surface area contributed by atoms with Crippen molar-refractivity contribution in [3.63, 3.8) is 0 Å². The molecule has 4 heteroatoms. The maximum atomic E-state index is 12.0. The molecule has 1 aliphatic rings. The zero-order chi connectivity index (χ0) is 16.4. The number of hydrogen-bond acceptors (Lipinski definition) is 3. The summed E-state index contributed by atoms with van der Waals surface area (Å²) in [6, 6.07) is 0. The molecule has 4 nitrogen and oxygen atoms in total. The molecule has 0 aromatic heterocycles. The number of carbonyl (C=O) groups is 1. The normalized spacial score (nSPS) is 17.2. The molecule has 22 heavy (non-hydrogen) atoms. The first-order valence-electron chi connectivity index (χ1n) is 8.63. The van der Waals surface area contributed by atoms with Crippen molar-refractivity contribution in [1.29, 1.82) is 0 Å². The minimum Gasteiger partial charge on any atom is -0.444 e. The number of hydrogen-bond donors (Lipinski definition) is 0. The Bertz CT molecular complexity index is 339. The number of nitrogens with zero attached hydrogens (tertiary/aromatic N) is 1. The number of carbonyl (C=O) groups excluding carboxylic acids is 1. The fourth-order valence-corrected chi connectivity index (χ4v) is 2.43. The molecule has 128 valence electrons. The minimum atomic E-state index is -0.408. The van der Waals surface area contributed by atoms with E-state index in [0.29, 0.717) is 5.92 Å². The highest BCUT2D eigenvalue weighted by atomic mass is 16.6. The third-order valence-corrected chi connectivity index (χ3v) is 3.76. The molecule has 0 N–H and O–H groups in total. The van der Waals surface area contributed by atoms with Crippen LogP contribution in [0.1, 0.15) is 59.8 Å². The van der Waals surface area contributed by atoms with E-state index in [4.69, 9.17) is 9.47 Å². The molecule has 1 saturated heterocycles. The molecule has 0 saturated carbocycles. The van der Waals surface area contributed by atoms with Gasteiger partial charge in [0.1, 0.15) is 5.60 Å². The van der Waals surface area contributed by atoms with Gasteiger partial charge in [-0.1, -0.05) is 25.5 Å². The van der Waals surface area contributed by atoms with Gasteiger partial charge >= 0.3 is 6.09 Å². The van der Waals surface area contributed by atoms with E-state index in [2.05, 4.69) is 19.1 Å². The number of ether oxygens (including phenoxy) is 2. The number of amides is 1. The van der Waals surface area contributed by atoms with Crippen molar-refractivity contribution in [2.45, 2.75) is 65.4 Å². The molecule has 0 aliphatic carbocycles. The minimum absolute atomic E-state index is 0.175. The van der Waals surface area contributed by atoms with E-state index in [9.17, 15) is 4.79 Å². The summed E-state index contributed by atoms with van der Waals surface area (Å²) in [6.45, 7) is 11.1. The van der Waals surface area contributed by atoms with Gasteiger partial charge in [-0.3, -0.25) is 0 Å². The largest absolute Gasteiger partial charge is 0.444 e. The average Bonchev–Trinajstić information content (AvgIpc) is 2.45. The van der Waals surface area contributed by atoms with Crippen LogP contribution in [0.15, 0.2) is 12.2 Å². The second-order valence-corrected chi connectivity index (χ2v) is 7.05. The molecule has 0 radical (unpaired) electrons. The third kappa shape index (κ3) is 8.42. The van der Waals surface area contributed by atoms with Gasteiger partial charge in [-0.25, -0.2) is 4.79 Å². The number of likely N-dealkylation sites (tertiary alicyclic amines) is 1. The second kappa shape index (κ2) is 9.88. The zero-order valence-corrected chi connectivity index (χ0v) is 14.8. The molecule has 1 fully saturated rings. The van der Waals surface area contributed by atoms with E-state index in [1.165, 1.54) is 6.42 Å². The number of rotatable bonds is 7. The average molecular weight is 311 g/mol. The first-order chi connectivity index (χ1) is 10.4. The van der Waals surface area contributed by atoms with Crippen molar-refractivity contribution in [1.82, 2.24) is 4.90 Å². The molecule has 1 amide bonds. The lowest BCUT2D eigenvalue weighted by Gasteiger charge is -2.33. The van der Waals surface area contributed by atoms with Gasteiger partial charge in [0, 0.05) is 19.7 Å². The molecule has 0 unspecified atom stereocenters. The highest BCUT2D eigenvalue weighted by molar-refractivity contribution is 5.68. The van der Waals surface area contributed by atoms with Crippen LogP contribution in [0, 0.1) is 5.92 Å². The molecule has 1 aliphatic heterocycles. The molecule has 0 aromatic rings. The summed E-state index contributed by atoms with van der Waals surface area (Å²) in [7, 11) is 0. The smallest absolute Gasteiger partial charge is 0.410 e. The summed E-state index contributed by atoms with van der Waals surface area (Å²) in [5.74, 6) is 0.672. The van der Waals surface area contributed by atoms with Crippen LogP contribution >= 0.6 is 0 Å². The lowest BCUT2D eigenvalue weighted by atomic mass is 9.93. The van der Waals surface area contributed by atoms with Crippen LogP contribution < -0.4 is 0 Å². The van der Waals surface area contributed by atoms with Crippen LogP contribution in [-0.2, 0) is 9.47 Å². The number of unbranched alkanes of at least 4 members (excludes halogenated alkanes) is 1. The highest BCUT2D eigenvalue weighted by Gasteiger charge is 2.26. The summed E-state index contributed by atoms with van der Waals surface area (Å²) in [5.41, 5.74) is -0.408. The summed E-state index contributed by atoms with van der Waals surface area (Å²) in [4.78, 5) is 13.8. The lowest BCUT2D eigenvalue weighted by molar-refractivity contribution is 0.0185. The first kappa shape index (κ1) is 19.0. The van der Waals surface area contributed by atoms with Crippen molar-refractivity contribution >= 4 is 6.09 Å². The number of allylic oxidation sites excluding steroid dienone is 1. The summed E-state index contributed by atoms with van der Waals surface area (Å²) < 4.78 is 10.9. The van der Waals surface area contributed by atoms with Gasteiger partial charge in [0.25, 0.3) is 0 Å². The Morgan fingerprint density at radius 2 is 1.91 bits per heavy atom. The Kier molecular flexibility index (Phi) is 8.54. The zero-order valence-electron chi connectivity index (χ0n) is 14.8. The van der Waals surface area contributed by atoms with Crippen molar-refractivity contribution in [2.75, 3.05) is 26.3 Å². The Hall–Kier alpha value is -1.03. The Morgan fingerprint density at radius 3 is 2.50 bits per heavy atom. The molecule has 1 heterocycles. The van der Waals surface area contributed by atoms with Gasteiger partial charge in [-0.05, 0) is 52.4 Å². The maximum Gasteiger partial charge on any atom is 0.410 e. The van der Waals surface area contributed by atoms with Crippen molar-refractivity contribution in [3.8, 4) is 0 Å². The Morgan fingerprint density at radius 1 is 1.23 bits per heavy atom. The van der Waals surface area contributed by atoms with E-state index in [0.717, 1.165) is 52.0 Å². The van der Waals surface area contributed by atoms with Gasteiger partial charge in [-0.15, -0.1) is 0 Å². The van der Waals surface area contributed by atoms with Crippen LogP contribution in [0.5, 0.6) is 0 Å². The van der Waals surface area contributed by atoms with Gasteiger partial charge in [0.05, 0.1) is 6.61 Å². The summed E-state index contributed by atoms with van der Waals surface area (Å²) >= 11 is 0. The standard InChI is InChI=1S/C18H33NO3/c1-5-6-14-21-15-8-7-9-16-10-12-19(13-11-16)17(20)22-18(2,3)4/h7-8,16H,5-6,9-15H2,1-4H3/b8-7+. The van der Waals surface area contributed by atoms with Crippen molar-refractivity contribution < 1.29 is 14.3 Å². The molecular formula is C18H33NO3. The number of piperidine rings is 1.